The molecule has 0 unspecified atom stereocenters. The SMILES string of the molecule is CCCCCCCCCCc1c(OCC)cnc(CC)c1C. The lowest BCUT2D eigenvalue weighted by atomic mass is 9.99. The van der Waals surface area contributed by atoms with Crippen molar-refractivity contribution in [3.05, 3.63) is 23.0 Å². The molecule has 1 heterocycles. The molecule has 0 fully saturated rings. The van der Waals surface area contributed by atoms with E-state index in [0.29, 0.717) is 0 Å². The van der Waals surface area contributed by atoms with E-state index in [1.165, 1.54) is 68.2 Å². The first kappa shape index (κ1) is 19.0. The van der Waals surface area contributed by atoms with Crippen molar-refractivity contribution >= 4 is 0 Å². The number of nitrogens with zero attached hydrogens (tertiary/aromatic N) is 1. The number of ether oxygens (including phenoxy) is 1. The van der Waals surface area contributed by atoms with Crippen molar-refractivity contribution in [3.63, 3.8) is 0 Å². The first-order chi connectivity index (χ1) is 10.7. The third-order valence-electron chi connectivity index (χ3n) is 4.44. The summed E-state index contributed by atoms with van der Waals surface area (Å²) in [5.74, 6) is 1.00. The average Bonchev–Trinajstić information content (AvgIpc) is 2.52. The van der Waals surface area contributed by atoms with Crippen LogP contribution in [0.15, 0.2) is 6.20 Å². The van der Waals surface area contributed by atoms with Gasteiger partial charge in [-0.2, -0.15) is 0 Å². The molecular formula is C20H35NO. The highest BCUT2D eigenvalue weighted by Crippen LogP contribution is 2.26. The maximum Gasteiger partial charge on any atom is 0.141 e. The van der Waals surface area contributed by atoms with Crippen molar-refractivity contribution < 1.29 is 4.74 Å². The zero-order chi connectivity index (χ0) is 16.2. The second-order valence-corrected chi connectivity index (χ2v) is 6.18. The Morgan fingerprint density at radius 3 is 2.14 bits per heavy atom. The van der Waals surface area contributed by atoms with Gasteiger partial charge in [-0.15, -0.1) is 0 Å². The molecule has 1 rings (SSSR count). The van der Waals surface area contributed by atoms with Crippen molar-refractivity contribution in [1.82, 2.24) is 4.98 Å². The van der Waals surface area contributed by atoms with E-state index in [1.54, 1.807) is 0 Å². The number of unbranched alkanes of at least 4 members (excludes halogenated alkanes) is 7. The second-order valence-electron chi connectivity index (χ2n) is 6.18. The molecular weight excluding hydrogens is 270 g/mol. The lowest BCUT2D eigenvalue weighted by Crippen LogP contribution is -2.04. The first-order valence-electron chi connectivity index (χ1n) is 9.34. The monoisotopic (exact) mass is 305 g/mol. The van der Waals surface area contributed by atoms with Gasteiger partial charge in [0.25, 0.3) is 0 Å². The summed E-state index contributed by atoms with van der Waals surface area (Å²) in [5.41, 5.74) is 3.95. The maximum absolute atomic E-state index is 5.78. The van der Waals surface area contributed by atoms with Crippen LogP contribution in [0.1, 0.15) is 89.0 Å². The molecule has 2 nitrogen and oxygen atoms in total. The van der Waals surface area contributed by atoms with E-state index in [9.17, 15) is 0 Å². The van der Waals surface area contributed by atoms with Crippen LogP contribution in [0.4, 0.5) is 0 Å². The predicted molar refractivity (Wildman–Crippen MR) is 95.8 cm³/mol. The standard InChI is InChI=1S/C20H35NO/c1-5-8-9-10-11-12-13-14-15-18-17(4)19(6-2)21-16-20(18)22-7-3/h16H,5-15H2,1-4H3. The van der Waals surface area contributed by atoms with Crippen molar-refractivity contribution in [2.75, 3.05) is 6.61 Å². The minimum Gasteiger partial charge on any atom is -0.492 e. The van der Waals surface area contributed by atoms with E-state index in [0.717, 1.165) is 25.2 Å². The molecule has 0 aliphatic rings. The highest BCUT2D eigenvalue weighted by molar-refractivity contribution is 5.40. The lowest BCUT2D eigenvalue weighted by Gasteiger charge is -2.15. The largest absolute Gasteiger partial charge is 0.492 e. The van der Waals surface area contributed by atoms with E-state index in [-0.39, 0.29) is 0 Å². The number of pyridine rings is 1. The Morgan fingerprint density at radius 2 is 1.55 bits per heavy atom. The van der Waals surface area contributed by atoms with Gasteiger partial charge in [-0.3, -0.25) is 4.98 Å². The smallest absolute Gasteiger partial charge is 0.141 e. The van der Waals surface area contributed by atoms with E-state index in [1.807, 2.05) is 13.1 Å². The van der Waals surface area contributed by atoms with Crippen LogP contribution in [0.5, 0.6) is 5.75 Å². The summed E-state index contributed by atoms with van der Waals surface area (Å²) in [6.07, 6.45) is 15.0. The third kappa shape index (κ3) is 6.37. The van der Waals surface area contributed by atoms with Crippen molar-refractivity contribution in [1.29, 1.82) is 0 Å². The van der Waals surface area contributed by atoms with E-state index in [4.69, 9.17) is 4.74 Å². The highest BCUT2D eigenvalue weighted by Gasteiger charge is 2.11. The van der Waals surface area contributed by atoms with Gasteiger partial charge in [0, 0.05) is 11.3 Å². The number of aromatic nitrogens is 1. The summed E-state index contributed by atoms with van der Waals surface area (Å²) >= 11 is 0. The molecule has 2 heteroatoms. The quantitative estimate of drug-likeness (QED) is 0.439. The van der Waals surface area contributed by atoms with Gasteiger partial charge in [0.1, 0.15) is 5.75 Å². The molecule has 0 N–H and O–H groups in total. The summed E-state index contributed by atoms with van der Waals surface area (Å²) in [5, 5.41) is 0. The molecule has 0 bridgehead atoms. The topological polar surface area (TPSA) is 22.1 Å². The van der Waals surface area contributed by atoms with Gasteiger partial charge in [-0.1, -0.05) is 58.8 Å². The Labute approximate surface area is 137 Å². The van der Waals surface area contributed by atoms with E-state index < -0.39 is 0 Å². The predicted octanol–water partition coefficient (Wildman–Crippen LogP) is 6.03. The summed E-state index contributed by atoms with van der Waals surface area (Å²) in [4.78, 5) is 4.54. The van der Waals surface area contributed by atoms with E-state index in [2.05, 4.69) is 25.8 Å². The van der Waals surface area contributed by atoms with Crippen LogP contribution in [0.3, 0.4) is 0 Å². The molecule has 0 saturated carbocycles. The Hall–Kier alpha value is -1.05. The number of aryl methyl sites for hydroxylation is 1. The molecule has 0 aliphatic carbocycles. The van der Waals surface area contributed by atoms with Gasteiger partial charge in [0.05, 0.1) is 12.8 Å². The van der Waals surface area contributed by atoms with Crippen LogP contribution in [-0.2, 0) is 12.8 Å². The fourth-order valence-electron chi connectivity index (χ4n) is 3.05. The molecule has 1 aromatic heterocycles. The molecule has 0 atom stereocenters. The van der Waals surface area contributed by atoms with Crippen molar-refractivity contribution in [3.8, 4) is 5.75 Å². The van der Waals surface area contributed by atoms with Crippen LogP contribution in [0, 0.1) is 6.92 Å². The fraction of sp³-hybridized carbons (Fsp3) is 0.750. The minimum absolute atomic E-state index is 0.719. The van der Waals surface area contributed by atoms with Gasteiger partial charge >= 0.3 is 0 Å². The molecule has 0 saturated heterocycles. The zero-order valence-electron chi connectivity index (χ0n) is 15.2. The lowest BCUT2D eigenvalue weighted by molar-refractivity contribution is 0.334. The molecule has 0 spiro atoms. The zero-order valence-corrected chi connectivity index (χ0v) is 15.2. The molecule has 0 radical (unpaired) electrons. The van der Waals surface area contributed by atoms with Gasteiger partial charge in [0.15, 0.2) is 0 Å². The summed E-state index contributed by atoms with van der Waals surface area (Å²) in [7, 11) is 0. The number of hydrogen-bond acceptors (Lipinski definition) is 2. The summed E-state index contributed by atoms with van der Waals surface area (Å²) < 4.78 is 5.78. The van der Waals surface area contributed by atoms with Gasteiger partial charge in [-0.25, -0.2) is 0 Å². The Morgan fingerprint density at radius 1 is 0.909 bits per heavy atom. The minimum atomic E-state index is 0.719. The molecule has 0 aliphatic heterocycles. The number of hydrogen-bond donors (Lipinski definition) is 0. The van der Waals surface area contributed by atoms with E-state index >= 15 is 0 Å². The number of rotatable bonds is 12. The van der Waals surface area contributed by atoms with Crippen molar-refractivity contribution in [2.45, 2.75) is 91.9 Å². The maximum atomic E-state index is 5.78. The fourth-order valence-corrected chi connectivity index (χ4v) is 3.05. The Bertz CT molecular complexity index is 414. The Balaban J connectivity index is 2.43. The molecule has 126 valence electrons. The first-order valence-corrected chi connectivity index (χ1v) is 9.34. The van der Waals surface area contributed by atoms with Crippen LogP contribution < -0.4 is 4.74 Å². The summed E-state index contributed by atoms with van der Waals surface area (Å²) in [6.45, 7) is 9.42. The van der Waals surface area contributed by atoms with Crippen LogP contribution in [-0.4, -0.2) is 11.6 Å². The second kappa shape index (κ2) is 11.5. The average molecular weight is 306 g/mol. The molecule has 0 amide bonds. The normalized spacial score (nSPS) is 10.9. The van der Waals surface area contributed by atoms with Crippen LogP contribution in [0.25, 0.3) is 0 Å². The van der Waals surface area contributed by atoms with Crippen molar-refractivity contribution in [2.24, 2.45) is 0 Å². The summed E-state index contributed by atoms with van der Waals surface area (Å²) in [6, 6.07) is 0. The molecule has 22 heavy (non-hydrogen) atoms. The van der Waals surface area contributed by atoms with Crippen LogP contribution >= 0.6 is 0 Å². The highest BCUT2D eigenvalue weighted by atomic mass is 16.5. The molecule has 1 aromatic rings. The Kier molecular flexibility index (Phi) is 9.94. The van der Waals surface area contributed by atoms with Gasteiger partial charge < -0.3 is 4.74 Å². The molecule has 0 aromatic carbocycles. The van der Waals surface area contributed by atoms with Gasteiger partial charge in [-0.05, 0) is 38.7 Å². The van der Waals surface area contributed by atoms with Gasteiger partial charge in [0.2, 0.25) is 0 Å². The van der Waals surface area contributed by atoms with Crippen LogP contribution in [0.2, 0.25) is 0 Å². The third-order valence-corrected chi connectivity index (χ3v) is 4.44.